The Labute approximate surface area is 231 Å². The Morgan fingerprint density at radius 2 is 1.85 bits per heavy atom. The highest BCUT2D eigenvalue weighted by atomic mass is 19.1. The number of hydrogen-bond donors (Lipinski definition) is 3. The first-order valence-corrected chi connectivity index (χ1v) is 12.5. The Morgan fingerprint density at radius 3 is 2.50 bits per heavy atom. The zero-order valence-electron chi connectivity index (χ0n) is 23.1. The number of rotatable bonds is 6. The summed E-state index contributed by atoms with van der Waals surface area (Å²) in [5, 5.41) is 28.2. The van der Waals surface area contributed by atoms with Gasteiger partial charge >= 0.3 is 6.03 Å². The van der Waals surface area contributed by atoms with Crippen LogP contribution in [0.4, 0.5) is 14.9 Å². The topological polar surface area (TPSA) is 139 Å². The fourth-order valence-corrected chi connectivity index (χ4v) is 3.72. The van der Waals surface area contributed by atoms with Crippen molar-refractivity contribution in [3.63, 3.8) is 0 Å². The molecule has 0 aliphatic rings. The third-order valence-corrected chi connectivity index (χ3v) is 5.90. The molecule has 2 heterocycles. The number of nitrogens with zero attached hydrogens (tertiary/aromatic N) is 6. The van der Waals surface area contributed by atoms with E-state index in [0.29, 0.717) is 17.1 Å². The molecule has 208 valence electrons. The van der Waals surface area contributed by atoms with Crippen molar-refractivity contribution in [2.75, 3.05) is 5.32 Å². The number of ether oxygens (including phenoxy) is 1. The molecule has 2 aromatic carbocycles. The van der Waals surface area contributed by atoms with Gasteiger partial charge in [0, 0.05) is 35.1 Å². The molecule has 0 aliphatic carbocycles. The molecule has 0 saturated carbocycles. The second-order valence-electron chi connectivity index (χ2n) is 11.1. The minimum atomic E-state index is -0.694. The molecule has 4 aromatic rings. The van der Waals surface area contributed by atoms with E-state index in [1.807, 2.05) is 32.9 Å². The van der Waals surface area contributed by atoms with E-state index in [1.165, 1.54) is 35.6 Å². The molecule has 4 rings (SSSR count). The summed E-state index contributed by atoms with van der Waals surface area (Å²) in [7, 11) is 0. The number of halogens is 1. The number of benzene rings is 2. The molecular weight excluding hydrogens is 515 g/mol. The van der Waals surface area contributed by atoms with Gasteiger partial charge in [-0.2, -0.15) is 9.78 Å². The zero-order chi connectivity index (χ0) is 29.1. The summed E-state index contributed by atoms with van der Waals surface area (Å²) >= 11 is 0. The average molecular weight is 547 g/mol. The van der Waals surface area contributed by atoms with E-state index < -0.39 is 11.8 Å². The molecule has 0 unspecified atom stereocenters. The normalized spacial score (nSPS) is 12.0. The molecule has 0 bridgehead atoms. The molecule has 0 saturated heterocycles. The molecule has 2 amide bonds. The molecule has 3 N–H and O–H groups in total. The highest BCUT2D eigenvalue weighted by molar-refractivity contribution is 5.91. The van der Waals surface area contributed by atoms with Gasteiger partial charge in [0.2, 0.25) is 0 Å². The first kappa shape index (κ1) is 28.1. The molecule has 0 fully saturated rings. The number of carbonyl (C=O) groups excluding carboxylic acids is 1. The first-order chi connectivity index (χ1) is 18.8. The maximum Gasteiger partial charge on any atom is 0.339 e. The van der Waals surface area contributed by atoms with Crippen molar-refractivity contribution in [1.29, 1.82) is 0 Å². The second-order valence-corrected chi connectivity index (χ2v) is 11.1. The first-order valence-electron chi connectivity index (χ1n) is 12.5. The van der Waals surface area contributed by atoms with Crippen LogP contribution in [0.25, 0.3) is 5.82 Å². The van der Waals surface area contributed by atoms with Gasteiger partial charge in [-0.25, -0.2) is 19.6 Å². The smallest absolute Gasteiger partial charge is 0.339 e. The summed E-state index contributed by atoms with van der Waals surface area (Å²) in [6.45, 7) is 12.3. The van der Waals surface area contributed by atoms with Gasteiger partial charge in [-0.1, -0.05) is 47.6 Å². The van der Waals surface area contributed by atoms with Gasteiger partial charge in [0.05, 0.1) is 6.21 Å². The number of aromatic nitrogens is 5. The van der Waals surface area contributed by atoms with E-state index in [-0.39, 0.29) is 28.0 Å². The number of aromatic hydroxyl groups is 1. The van der Waals surface area contributed by atoms with Gasteiger partial charge in [-0.15, -0.1) is 5.10 Å². The number of carbonyl (C=O) groups is 1. The van der Waals surface area contributed by atoms with E-state index in [4.69, 9.17) is 4.74 Å². The van der Waals surface area contributed by atoms with Crippen molar-refractivity contribution in [3.05, 3.63) is 77.5 Å². The maximum absolute atomic E-state index is 14.7. The lowest BCUT2D eigenvalue weighted by Gasteiger charge is -2.26. The number of tetrazole rings is 1. The second kappa shape index (κ2) is 11.1. The summed E-state index contributed by atoms with van der Waals surface area (Å²) < 4.78 is 21.7. The number of anilines is 1. The van der Waals surface area contributed by atoms with Gasteiger partial charge in [-0.3, -0.25) is 0 Å². The van der Waals surface area contributed by atoms with Crippen LogP contribution in [0.2, 0.25) is 0 Å². The standard InChI is InChI=1S/C28H31FN8O3/c1-27(2,3)18-11-17(25(38)21(12-18)28(4,5)6)15-31-34-26(39)33-19-7-8-23(22(29)13-19)40-20-9-10-30-24(14-20)37-16-32-35-36-37/h7-16,38H,1-6H3,(H2,33,34,39)/b31-15+. The summed E-state index contributed by atoms with van der Waals surface area (Å²) in [6.07, 6.45) is 4.24. The lowest BCUT2D eigenvalue weighted by Crippen LogP contribution is -2.24. The third kappa shape index (κ3) is 6.76. The Morgan fingerprint density at radius 1 is 1.07 bits per heavy atom. The van der Waals surface area contributed by atoms with E-state index in [0.717, 1.165) is 17.2 Å². The molecule has 2 aromatic heterocycles. The van der Waals surface area contributed by atoms with Crippen LogP contribution in [0.15, 0.2) is 60.1 Å². The predicted octanol–water partition coefficient (Wildman–Crippen LogP) is 5.44. The number of phenolic OH excluding ortho intramolecular Hbond substituents is 1. The molecule has 0 atom stereocenters. The largest absolute Gasteiger partial charge is 0.507 e. The van der Waals surface area contributed by atoms with Gasteiger partial charge < -0.3 is 15.2 Å². The summed E-state index contributed by atoms with van der Waals surface area (Å²) in [6, 6.07) is 10.3. The predicted molar refractivity (Wildman–Crippen MR) is 149 cm³/mol. The Kier molecular flexibility index (Phi) is 7.80. The summed E-state index contributed by atoms with van der Waals surface area (Å²) in [5.41, 5.74) is 4.36. The van der Waals surface area contributed by atoms with Crippen molar-refractivity contribution in [3.8, 4) is 23.1 Å². The SMILES string of the molecule is CC(C)(C)c1cc(/C=N/NC(=O)Nc2ccc(Oc3ccnc(-n4cnnn4)c3)c(F)c2)c(O)c(C(C)(C)C)c1. The van der Waals surface area contributed by atoms with Crippen LogP contribution in [0.1, 0.15) is 58.2 Å². The van der Waals surface area contributed by atoms with Gasteiger partial charge in [0.1, 0.15) is 17.8 Å². The Hall–Kier alpha value is -4.87. The fraction of sp³-hybridized carbons (Fsp3) is 0.286. The monoisotopic (exact) mass is 546 g/mol. The van der Waals surface area contributed by atoms with E-state index in [9.17, 15) is 14.3 Å². The number of hydrazone groups is 1. The maximum atomic E-state index is 14.7. The molecule has 40 heavy (non-hydrogen) atoms. The molecule has 0 spiro atoms. The van der Waals surface area contributed by atoms with Gasteiger partial charge in [0.25, 0.3) is 0 Å². The average Bonchev–Trinajstić information content (AvgIpc) is 3.41. The molecule has 12 heteroatoms. The van der Waals surface area contributed by atoms with Crippen LogP contribution < -0.4 is 15.5 Å². The molecular formula is C28H31FN8O3. The van der Waals surface area contributed by atoms with E-state index in [1.54, 1.807) is 12.1 Å². The lowest BCUT2D eigenvalue weighted by atomic mass is 9.79. The van der Waals surface area contributed by atoms with Crippen LogP contribution in [0.5, 0.6) is 17.2 Å². The van der Waals surface area contributed by atoms with Crippen LogP contribution >= 0.6 is 0 Å². The van der Waals surface area contributed by atoms with Crippen LogP contribution in [-0.4, -0.2) is 42.5 Å². The van der Waals surface area contributed by atoms with Crippen molar-refractivity contribution in [1.82, 2.24) is 30.6 Å². The molecule has 0 aliphatic heterocycles. The van der Waals surface area contributed by atoms with E-state index in [2.05, 4.69) is 57.1 Å². The highest BCUT2D eigenvalue weighted by Crippen LogP contribution is 2.37. The van der Waals surface area contributed by atoms with E-state index >= 15 is 0 Å². The minimum Gasteiger partial charge on any atom is -0.507 e. The number of phenols is 1. The lowest BCUT2D eigenvalue weighted by molar-refractivity contribution is 0.252. The van der Waals surface area contributed by atoms with Crippen molar-refractivity contribution >= 4 is 17.9 Å². The summed E-state index contributed by atoms with van der Waals surface area (Å²) in [4.78, 5) is 16.5. The van der Waals surface area contributed by atoms with Crippen LogP contribution in [-0.2, 0) is 10.8 Å². The Balaban J connectivity index is 1.42. The quantitative estimate of drug-likeness (QED) is 0.216. The Bertz CT molecular complexity index is 1540. The van der Waals surface area contributed by atoms with Crippen molar-refractivity contribution in [2.24, 2.45) is 5.10 Å². The fourth-order valence-electron chi connectivity index (χ4n) is 3.72. The zero-order valence-corrected chi connectivity index (χ0v) is 23.1. The number of hydrogen-bond acceptors (Lipinski definition) is 8. The molecule has 0 radical (unpaired) electrons. The number of amides is 2. The number of pyridine rings is 1. The molecule has 11 nitrogen and oxygen atoms in total. The van der Waals surface area contributed by atoms with Crippen molar-refractivity contribution < 1.29 is 19.0 Å². The van der Waals surface area contributed by atoms with Gasteiger partial charge in [-0.05, 0) is 51.1 Å². The van der Waals surface area contributed by atoms with Crippen LogP contribution in [0.3, 0.4) is 0 Å². The number of urea groups is 1. The van der Waals surface area contributed by atoms with Crippen LogP contribution in [0, 0.1) is 5.82 Å². The minimum absolute atomic E-state index is 0.0540. The number of nitrogens with one attached hydrogen (secondary N) is 2. The summed E-state index contributed by atoms with van der Waals surface area (Å²) in [5.74, 6) is 0.0675. The highest BCUT2D eigenvalue weighted by Gasteiger charge is 2.24. The van der Waals surface area contributed by atoms with Gasteiger partial charge in [0.15, 0.2) is 17.4 Å². The van der Waals surface area contributed by atoms with Crippen molar-refractivity contribution in [2.45, 2.75) is 52.4 Å². The third-order valence-electron chi connectivity index (χ3n) is 5.90.